The van der Waals surface area contributed by atoms with Crippen molar-refractivity contribution in [2.75, 3.05) is 12.0 Å². The van der Waals surface area contributed by atoms with Gasteiger partial charge in [-0.15, -0.1) is 11.8 Å². The van der Waals surface area contributed by atoms with Crippen molar-refractivity contribution in [1.82, 2.24) is 19.5 Å². The number of nitrogens with two attached hydrogens (primary N) is 1. The predicted molar refractivity (Wildman–Crippen MR) is 117 cm³/mol. The van der Waals surface area contributed by atoms with Gasteiger partial charge >= 0.3 is 7.82 Å². The zero-order valence-corrected chi connectivity index (χ0v) is 18.9. The molecule has 1 aliphatic heterocycles. The Kier molecular flexibility index (Phi) is 6.62. The maximum atomic E-state index is 12.0. The smallest absolute Gasteiger partial charge is 0.387 e. The number of benzene rings is 1. The first kappa shape index (κ1) is 23.9. The van der Waals surface area contributed by atoms with Crippen LogP contribution in [0.5, 0.6) is 0 Å². The topological polar surface area (TPSA) is 206 Å². The Bertz CT molecular complexity index is 1240. The van der Waals surface area contributed by atoms with Crippen LogP contribution in [-0.4, -0.2) is 70.2 Å². The minimum absolute atomic E-state index is 0.00765. The highest BCUT2D eigenvalue weighted by molar-refractivity contribution is 7.98. The summed E-state index contributed by atoms with van der Waals surface area (Å²) in [4.78, 5) is 42.1. The standard InChI is InChI=1S/C18H22N5O8PS/c1-33-9-4-2-8(3-5-9)6-10(31-32(27,28)29)14-12(24)13(25)17(30-14)23-7-20-11-15(23)21-18(19)22-16(11)26/h2-5,7,10,12-14,17,24-25H,6H2,1H3,(H2,27,28,29)(H3,19,21,22,26)/t10?,12-,13+,14+,17+/m0/s1. The number of phosphoric ester groups is 1. The molecule has 4 rings (SSSR count). The molecule has 0 amide bonds. The highest BCUT2D eigenvalue weighted by Gasteiger charge is 2.49. The Labute approximate surface area is 190 Å². The molecule has 15 heteroatoms. The van der Waals surface area contributed by atoms with Crippen molar-refractivity contribution in [3.05, 3.63) is 46.5 Å². The number of aromatic nitrogens is 4. The van der Waals surface area contributed by atoms with E-state index in [1.165, 1.54) is 22.7 Å². The van der Waals surface area contributed by atoms with E-state index in [1.807, 2.05) is 18.4 Å². The van der Waals surface area contributed by atoms with Crippen LogP contribution >= 0.6 is 19.6 Å². The lowest BCUT2D eigenvalue weighted by atomic mass is 9.99. The molecule has 0 saturated carbocycles. The number of aliphatic hydroxyl groups is 2. The van der Waals surface area contributed by atoms with Gasteiger partial charge in [-0.3, -0.25) is 18.9 Å². The van der Waals surface area contributed by atoms with Crippen LogP contribution < -0.4 is 11.3 Å². The Morgan fingerprint density at radius 2 is 2.00 bits per heavy atom. The van der Waals surface area contributed by atoms with Crippen molar-refractivity contribution in [3.8, 4) is 0 Å². The van der Waals surface area contributed by atoms with Crippen LogP contribution in [0.3, 0.4) is 0 Å². The summed E-state index contributed by atoms with van der Waals surface area (Å²) in [6.07, 6.45) is -3.94. The lowest BCUT2D eigenvalue weighted by Gasteiger charge is -2.26. The minimum Gasteiger partial charge on any atom is -0.387 e. The van der Waals surface area contributed by atoms with E-state index in [4.69, 9.17) is 15.0 Å². The van der Waals surface area contributed by atoms with Crippen molar-refractivity contribution in [2.24, 2.45) is 0 Å². The number of phosphoric acid groups is 1. The van der Waals surface area contributed by atoms with Crippen molar-refractivity contribution < 1.29 is 33.8 Å². The molecule has 0 spiro atoms. The van der Waals surface area contributed by atoms with E-state index >= 15 is 0 Å². The fourth-order valence-corrected chi connectivity index (χ4v) is 4.69. The number of imidazole rings is 1. The summed E-state index contributed by atoms with van der Waals surface area (Å²) in [6.45, 7) is 0. The van der Waals surface area contributed by atoms with E-state index in [0.29, 0.717) is 5.56 Å². The van der Waals surface area contributed by atoms with Crippen molar-refractivity contribution in [2.45, 2.75) is 42.0 Å². The summed E-state index contributed by atoms with van der Waals surface area (Å²) >= 11 is 1.53. The molecule has 1 fully saturated rings. The van der Waals surface area contributed by atoms with Crippen LogP contribution in [0, 0.1) is 0 Å². The maximum absolute atomic E-state index is 12.0. The molecule has 178 valence electrons. The van der Waals surface area contributed by atoms with E-state index < -0.39 is 44.0 Å². The number of H-pyrrole nitrogens is 1. The molecule has 5 atom stereocenters. The molecule has 1 unspecified atom stereocenters. The third kappa shape index (κ3) is 4.98. The molecule has 13 nitrogen and oxygen atoms in total. The van der Waals surface area contributed by atoms with E-state index in [0.717, 1.165) is 4.90 Å². The number of ether oxygens (including phenoxy) is 1. The number of nitrogens with one attached hydrogen (secondary N) is 1. The van der Waals surface area contributed by atoms with Crippen LogP contribution in [0.15, 0.2) is 40.3 Å². The fraction of sp³-hybridized carbons (Fsp3) is 0.389. The van der Waals surface area contributed by atoms with E-state index in [1.54, 1.807) is 12.1 Å². The number of hydrogen-bond acceptors (Lipinski definition) is 10. The molecule has 1 aliphatic rings. The summed E-state index contributed by atoms with van der Waals surface area (Å²) in [5.74, 6) is -0.185. The van der Waals surface area contributed by atoms with Gasteiger partial charge in [-0.2, -0.15) is 4.98 Å². The normalized spacial score (nSPS) is 24.4. The number of nitrogen functional groups attached to an aromatic ring is 1. The number of fused-ring (bicyclic) bond motifs is 1. The van der Waals surface area contributed by atoms with Crippen LogP contribution in [0.25, 0.3) is 11.2 Å². The Morgan fingerprint density at radius 3 is 2.64 bits per heavy atom. The molecule has 0 bridgehead atoms. The molecule has 1 aromatic carbocycles. The van der Waals surface area contributed by atoms with Crippen molar-refractivity contribution in [1.29, 1.82) is 0 Å². The largest absolute Gasteiger partial charge is 0.469 e. The average Bonchev–Trinajstić information content (AvgIpc) is 3.28. The molecule has 7 N–H and O–H groups in total. The highest BCUT2D eigenvalue weighted by Crippen LogP contribution is 2.43. The summed E-state index contributed by atoms with van der Waals surface area (Å²) in [6, 6.07) is 7.20. The van der Waals surface area contributed by atoms with Gasteiger partial charge in [0.25, 0.3) is 5.56 Å². The summed E-state index contributed by atoms with van der Waals surface area (Å²) < 4.78 is 23.6. The van der Waals surface area contributed by atoms with Crippen LogP contribution in [-0.2, 0) is 20.2 Å². The second-order valence-corrected chi connectivity index (χ2v) is 9.51. The van der Waals surface area contributed by atoms with Gasteiger partial charge in [-0.1, -0.05) is 12.1 Å². The second kappa shape index (κ2) is 9.16. The molecule has 2 aromatic heterocycles. The van der Waals surface area contributed by atoms with Crippen LogP contribution in [0.4, 0.5) is 5.95 Å². The first-order valence-corrected chi connectivity index (χ1v) is 12.4. The number of rotatable bonds is 7. The lowest BCUT2D eigenvalue weighted by Crippen LogP contribution is -2.40. The van der Waals surface area contributed by atoms with Gasteiger partial charge in [-0.05, 0) is 24.0 Å². The minimum atomic E-state index is -4.98. The predicted octanol–water partition coefficient (Wildman–Crippen LogP) is -0.237. The number of thioether (sulfide) groups is 1. The first-order valence-electron chi connectivity index (χ1n) is 9.68. The SMILES string of the molecule is CSc1ccc(CC(OP(=O)(O)O)[C@H]2O[C@@H](n3cnc4c(=O)[nH]c(N)nc43)[C@H](O)[C@@H]2O)cc1. The van der Waals surface area contributed by atoms with Gasteiger partial charge < -0.3 is 30.5 Å². The van der Waals surface area contributed by atoms with Crippen LogP contribution in [0.1, 0.15) is 11.8 Å². The molecule has 3 aromatic rings. The number of hydrogen-bond donors (Lipinski definition) is 6. The average molecular weight is 499 g/mol. The number of nitrogens with zero attached hydrogens (tertiary/aromatic N) is 3. The number of anilines is 1. The number of aromatic amines is 1. The Morgan fingerprint density at radius 1 is 1.30 bits per heavy atom. The zero-order valence-electron chi connectivity index (χ0n) is 17.2. The van der Waals surface area contributed by atoms with E-state index in [2.05, 4.69) is 15.0 Å². The van der Waals surface area contributed by atoms with Gasteiger partial charge in [0.05, 0.1) is 6.33 Å². The maximum Gasteiger partial charge on any atom is 0.469 e. The summed E-state index contributed by atoms with van der Waals surface area (Å²) in [5, 5.41) is 21.3. The molecular weight excluding hydrogens is 477 g/mol. The zero-order chi connectivity index (χ0) is 23.9. The fourth-order valence-electron chi connectivity index (χ4n) is 3.74. The molecule has 1 saturated heterocycles. The van der Waals surface area contributed by atoms with Crippen molar-refractivity contribution in [3.63, 3.8) is 0 Å². The van der Waals surface area contributed by atoms with Gasteiger partial charge in [0.2, 0.25) is 5.95 Å². The van der Waals surface area contributed by atoms with E-state index in [-0.39, 0.29) is 23.5 Å². The summed E-state index contributed by atoms with van der Waals surface area (Å²) in [7, 11) is -4.98. The van der Waals surface area contributed by atoms with Gasteiger partial charge in [0.15, 0.2) is 17.4 Å². The van der Waals surface area contributed by atoms with E-state index in [9.17, 15) is 29.4 Å². The molecular formula is C18H22N5O8PS. The molecule has 0 radical (unpaired) electrons. The first-order chi connectivity index (χ1) is 15.6. The third-order valence-electron chi connectivity index (χ3n) is 5.24. The second-order valence-electron chi connectivity index (χ2n) is 7.43. The lowest BCUT2D eigenvalue weighted by molar-refractivity contribution is -0.0806. The van der Waals surface area contributed by atoms with Gasteiger partial charge in [0, 0.05) is 11.3 Å². The monoisotopic (exact) mass is 499 g/mol. The molecule has 3 heterocycles. The van der Waals surface area contributed by atoms with Gasteiger partial charge in [-0.25, -0.2) is 9.55 Å². The van der Waals surface area contributed by atoms with Crippen molar-refractivity contribution >= 4 is 36.7 Å². The van der Waals surface area contributed by atoms with Crippen LogP contribution in [0.2, 0.25) is 0 Å². The quantitative estimate of drug-likeness (QED) is 0.184. The molecule has 0 aliphatic carbocycles. The molecule has 33 heavy (non-hydrogen) atoms. The highest BCUT2D eigenvalue weighted by atomic mass is 32.2. The Balaban J connectivity index is 1.65. The summed E-state index contributed by atoms with van der Waals surface area (Å²) in [5.41, 5.74) is 5.62. The Hall–Kier alpha value is -2.29. The number of aliphatic hydroxyl groups excluding tert-OH is 2. The third-order valence-corrected chi connectivity index (χ3v) is 6.52. The van der Waals surface area contributed by atoms with Gasteiger partial charge in [0.1, 0.15) is 24.4 Å².